The van der Waals surface area contributed by atoms with Crippen molar-refractivity contribution in [2.45, 2.75) is 0 Å². The Bertz CT molecular complexity index is 761. The number of rotatable bonds is 4. The number of hydrogen-bond donors (Lipinski definition) is 1. The van der Waals surface area contributed by atoms with E-state index < -0.39 is 0 Å². The molecular weight excluding hydrogens is 288 g/mol. The highest BCUT2D eigenvalue weighted by Gasteiger charge is 2.09. The Morgan fingerprint density at radius 1 is 0.783 bits per heavy atom. The molecule has 0 fully saturated rings. The van der Waals surface area contributed by atoms with Gasteiger partial charge in [0.1, 0.15) is 0 Å². The maximum absolute atomic E-state index is 12.1. The maximum atomic E-state index is 12.1. The minimum atomic E-state index is -0.310. The summed E-state index contributed by atoms with van der Waals surface area (Å²) in [4.78, 5) is 20.2. The number of pyridine rings is 2. The molecule has 0 unspecified atom stereocenters. The highest BCUT2D eigenvalue weighted by molar-refractivity contribution is 6.13. The molecule has 0 aliphatic heterocycles. The second-order valence-corrected chi connectivity index (χ2v) is 4.75. The van der Waals surface area contributed by atoms with Gasteiger partial charge in [-0.15, -0.1) is 0 Å². The molecule has 23 heavy (non-hydrogen) atoms. The number of nitrogens with zero attached hydrogens (tertiary/aromatic N) is 3. The summed E-state index contributed by atoms with van der Waals surface area (Å²) in [5.74, 6) is -0.310. The van der Waals surface area contributed by atoms with E-state index in [1.165, 1.54) is 6.20 Å². The smallest absolute Gasteiger partial charge is 0.267 e. The number of hydrogen-bond acceptors (Lipinski definition) is 4. The molecule has 0 aliphatic rings. The lowest BCUT2D eigenvalue weighted by Gasteiger charge is -2.07. The van der Waals surface area contributed by atoms with Crippen LogP contribution < -0.4 is 5.43 Å². The van der Waals surface area contributed by atoms with Gasteiger partial charge in [-0.3, -0.25) is 14.8 Å². The van der Waals surface area contributed by atoms with Crippen molar-refractivity contribution in [2.75, 3.05) is 0 Å². The van der Waals surface area contributed by atoms with E-state index in [9.17, 15) is 4.79 Å². The Kier molecular flexibility index (Phi) is 4.49. The molecule has 5 heteroatoms. The van der Waals surface area contributed by atoms with Crippen LogP contribution in [0, 0.1) is 0 Å². The average Bonchev–Trinajstić information content (AvgIpc) is 2.64. The third kappa shape index (κ3) is 3.65. The Hall–Kier alpha value is -3.34. The average molecular weight is 302 g/mol. The van der Waals surface area contributed by atoms with Crippen LogP contribution in [0.15, 0.2) is 84.5 Å². The number of aromatic nitrogens is 2. The number of carbonyl (C=O) groups is 1. The number of benzene rings is 1. The fraction of sp³-hybridized carbons (Fsp3) is 0. The minimum Gasteiger partial charge on any atom is -0.267 e. The monoisotopic (exact) mass is 302 g/mol. The largest absolute Gasteiger partial charge is 0.272 e. The van der Waals surface area contributed by atoms with E-state index in [0.29, 0.717) is 11.3 Å². The molecule has 0 atom stereocenters. The van der Waals surface area contributed by atoms with E-state index in [-0.39, 0.29) is 5.91 Å². The predicted molar refractivity (Wildman–Crippen MR) is 88.0 cm³/mol. The van der Waals surface area contributed by atoms with Crippen LogP contribution in [-0.4, -0.2) is 21.6 Å². The Labute approximate surface area is 133 Å². The first-order valence-corrected chi connectivity index (χ1v) is 7.08. The first-order valence-electron chi connectivity index (χ1n) is 7.08. The summed E-state index contributed by atoms with van der Waals surface area (Å²) >= 11 is 0. The van der Waals surface area contributed by atoms with Gasteiger partial charge in [0.2, 0.25) is 0 Å². The van der Waals surface area contributed by atoms with Gasteiger partial charge in [-0.2, -0.15) is 5.10 Å². The Morgan fingerprint density at radius 3 is 2.00 bits per heavy atom. The van der Waals surface area contributed by atoms with Crippen LogP contribution in [0.5, 0.6) is 0 Å². The van der Waals surface area contributed by atoms with Gasteiger partial charge in [0.05, 0.1) is 11.3 Å². The lowest BCUT2D eigenvalue weighted by atomic mass is 10.0. The molecule has 0 aliphatic carbocycles. The maximum Gasteiger partial charge on any atom is 0.272 e. The summed E-state index contributed by atoms with van der Waals surface area (Å²) in [6.07, 6.45) is 6.52. The topological polar surface area (TPSA) is 67.2 Å². The van der Waals surface area contributed by atoms with Crippen molar-refractivity contribution in [3.8, 4) is 0 Å². The zero-order valence-electron chi connectivity index (χ0n) is 12.3. The van der Waals surface area contributed by atoms with Gasteiger partial charge in [-0.1, -0.05) is 30.3 Å². The zero-order valence-corrected chi connectivity index (χ0v) is 12.3. The van der Waals surface area contributed by atoms with E-state index in [4.69, 9.17) is 0 Å². The predicted octanol–water partition coefficient (Wildman–Crippen LogP) is 2.66. The molecule has 0 radical (unpaired) electrons. The Morgan fingerprint density at radius 2 is 1.39 bits per heavy atom. The number of nitrogens with one attached hydrogen (secondary N) is 1. The fourth-order valence-corrected chi connectivity index (χ4v) is 2.06. The van der Waals surface area contributed by atoms with E-state index in [1.54, 1.807) is 30.7 Å². The molecule has 2 heterocycles. The molecular formula is C18H14N4O. The van der Waals surface area contributed by atoms with Crippen molar-refractivity contribution in [1.82, 2.24) is 15.4 Å². The third-order valence-electron chi connectivity index (χ3n) is 3.18. The molecule has 5 nitrogen and oxygen atoms in total. The zero-order chi connectivity index (χ0) is 15.9. The van der Waals surface area contributed by atoms with Gasteiger partial charge in [-0.05, 0) is 24.3 Å². The summed E-state index contributed by atoms with van der Waals surface area (Å²) in [7, 11) is 0. The van der Waals surface area contributed by atoms with Crippen LogP contribution in [0.4, 0.5) is 0 Å². The summed E-state index contributed by atoms with van der Waals surface area (Å²) in [5.41, 5.74) is 5.40. The van der Waals surface area contributed by atoms with Gasteiger partial charge < -0.3 is 0 Å². The fourth-order valence-electron chi connectivity index (χ4n) is 2.06. The Balaban J connectivity index is 1.91. The van der Waals surface area contributed by atoms with Crippen molar-refractivity contribution < 1.29 is 4.79 Å². The quantitative estimate of drug-likeness (QED) is 0.595. The van der Waals surface area contributed by atoms with Gasteiger partial charge in [0.15, 0.2) is 0 Å². The molecule has 0 bridgehead atoms. The van der Waals surface area contributed by atoms with Crippen molar-refractivity contribution in [3.63, 3.8) is 0 Å². The van der Waals surface area contributed by atoms with E-state index in [2.05, 4.69) is 20.5 Å². The summed E-state index contributed by atoms with van der Waals surface area (Å²) in [5, 5.41) is 4.29. The van der Waals surface area contributed by atoms with Crippen LogP contribution in [0.3, 0.4) is 0 Å². The number of amides is 1. The molecule has 3 aromatic rings. The lowest BCUT2D eigenvalue weighted by Crippen LogP contribution is -2.20. The van der Waals surface area contributed by atoms with Crippen LogP contribution in [0.25, 0.3) is 0 Å². The molecule has 1 N–H and O–H groups in total. The second-order valence-electron chi connectivity index (χ2n) is 4.75. The first-order chi connectivity index (χ1) is 11.3. The van der Waals surface area contributed by atoms with Crippen molar-refractivity contribution in [3.05, 3.63) is 96.1 Å². The van der Waals surface area contributed by atoms with Crippen LogP contribution in [-0.2, 0) is 0 Å². The molecule has 0 saturated heterocycles. The van der Waals surface area contributed by atoms with Crippen LogP contribution in [0.1, 0.15) is 21.5 Å². The lowest BCUT2D eigenvalue weighted by molar-refractivity contribution is 0.0954. The van der Waals surface area contributed by atoms with E-state index in [1.807, 2.05) is 42.5 Å². The molecule has 0 saturated carbocycles. The summed E-state index contributed by atoms with van der Waals surface area (Å²) < 4.78 is 0. The van der Waals surface area contributed by atoms with Crippen molar-refractivity contribution in [1.29, 1.82) is 0 Å². The number of carbonyl (C=O) groups excluding carboxylic acids is 1. The van der Waals surface area contributed by atoms with E-state index >= 15 is 0 Å². The third-order valence-corrected chi connectivity index (χ3v) is 3.18. The second kappa shape index (κ2) is 7.09. The highest BCUT2D eigenvalue weighted by atomic mass is 16.2. The molecule has 1 amide bonds. The summed E-state index contributed by atoms with van der Waals surface area (Å²) in [6, 6.07) is 16.8. The normalized spacial score (nSPS) is 11.0. The van der Waals surface area contributed by atoms with Crippen LogP contribution >= 0.6 is 0 Å². The summed E-state index contributed by atoms with van der Waals surface area (Å²) in [6.45, 7) is 0. The van der Waals surface area contributed by atoms with Crippen LogP contribution in [0.2, 0.25) is 0 Å². The molecule has 0 spiro atoms. The highest BCUT2D eigenvalue weighted by Crippen LogP contribution is 2.09. The molecule has 3 rings (SSSR count). The van der Waals surface area contributed by atoms with Gasteiger partial charge in [-0.25, -0.2) is 5.43 Å². The number of hydrazone groups is 1. The van der Waals surface area contributed by atoms with Crippen molar-refractivity contribution >= 4 is 11.6 Å². The van der Waals surface area contributed by atoms with Gasteiger partial charge in [0.25, 0.3) is 5.91 Å². The van der Waals surface area contributed by atoms with E-state index in [0.717, 1.165) is 11.1 Å². The molecule has 112 valence electrons. The van der Waals surface area contributed by atoms with Gasteiger partial charge >= 0.3 is 0 Å². The first kappa shape index (κ1) is 14.6. The van der Waals surface area contributed by atoms with Gasteiger partial charge in [0, 0.05) is 35.9 Å². The molecule has 1 aromatic carbocycles. The molecule has 2 aromatic heterocycles. The minimum absolute atomic E-state index is 0.310. The standard InChI is InChI=1S/C18H14N4O/c23-18(16-9-5-11-20-13-16)22-21-17(14-6-2-1-3-7-14)15-8-4-10-19-12-15/h1-13H,(H,22,23). The van der Waals surface area contributed by atoms with Crippen molar-refractivity contribution in [2.24, 2.45) is 5.10 Å². The SMILES string of the molecule is O=C(NN=C(c1ccccc1)c1cccnc1)c1cccnc1.